The van der Waals surface area contributed by atoms with E-state index in [1.807, 2.05) is 24.3 Å². The Bertz CT molecular complexity index is 934. The summed E-state index contributed by atoms with van der Waals surface area (Å²) in [5, 5.41) is 13.0. The Hall–Kier alpha value is -2.18. The van der Waals surface area contributed by atoms with Crippen molar-refractivity contribution in [1.29, 1.82) is 0 Å². The molecular formula is C21H21ClN4OS. The molecule has 1 fully saturated rings. The Labute approximate surface area is 173 Å². The SMILES string of the molecule is O=C(CSc1nnnn1-c1ccc(Cl)cc1)c1ccc(C2CCCCC2)cc1. The van der Waals surface area contributed by atoms with Crippen molar-refractivity contribution < 1.29 is 4.79 Å². The van der Waals surface area contributed by atoms with Gasteiger partial charge in [0.2, 0.25) is 5.16 Å². The monoisotopic (exact) mass is 412 g/mol. The number of benzene rings is 2. The molecule has 0 radical (unpaired) electrons. The molecule has 1 aromatic heterocycles. The minimum Gasteiger partial charge on any atom is -0.293 e. The summed E-state index contributed by atoms with van der Waals surface area (Å²) in [7, 11) is 0. The fourth-order valence-electron chi connectivity index (χ4n) is 3.60. The van der Waals surface area contributed by atoms with Gasteiger partial charge in [-0.2, -0.15) is 4.68 Å². The van der Waals surface area contributed by atoms with E-state index in [2.05, 4.69) is 27.7 Å². The van der Waals surface area contributed by atoms with E-state index in [-0.39, 0.29) is 11.5 Å². The van der Waals surface area contributed by atoms with Crippen molar-refractivity contribution >= 4 is 29.1 Å². The molecule has 0 aliphatic heterocycles. The average molecular weight is 413 g/mol. The van der Waals surface area contributed by atoms with Gasteiger partial charge in [0, 0.05) is 10.6 Å². The lowest BCUT2D eigenvalue weighted by atomic mass is 9.84. The minimum atomic E-state index is 0.0749. The van der Waals surface area contributed by atoms with E-state index in [9.17, 15) is 4.79 Å². The maximum Gasteiger partial charge on any atom is 0.214 e. The molecular weight excluding hydrogens is 392 g/mol. The highest BCUT2D eigenvalue weighted by molar-refractivity contribution is 7.99. The van der Waals surface area contributed by atoms with Crippen LogP contribution in [0.3, 0.4) is 0 Å². The lowest BCUT2D eigenvalue weighted by Gasteiger charge is -2.22. The normalized spacial score (nSPS) is 14.9. The number of carbonyl (C=O) groups is 1. The maximum atomic E-state index is 12.6. The highest BCUT2D eigenvalue weighted by Gasteiger charge is 2.17. The molecule has 1 aliphatic rings. The van der Waals surface area contributed by atoms with E-state index in [0.29, 0.717) is 16.1 Å². The standard InChI is InChI=1S/C21H21ClN4OS/c22-18-10-12-19(13-11-18)26-21(23-24-25-26)28-14-20(27)17-8-6-16(7-9-17)15-4-2-1-3-5-15/h6-13,15H,1-5,14H2. The van der Waals surface area contributed by atoms with E-state index in [4.69, 9.17) is 11.6 Å². The summed E-state index contributed by atoms with van der Waals surface area (Å²) >= 11 is 7.27. The molecule has 0 atom stereocenters. The van der Waals surface area contributed by atoms with Gasteiger partial charge in [0.15, 0.2) is 5.78 Å². The predicted octanol–water partition coefficient (Wildman–Crippen LogP) is 5.34. The molecule has 0 spiro atoms. The largest absolute Gasteiger partial charge is 0.293 e. The van der Waals surface area contributed by atoms with Gasteiger partial charge in [0.1, 0.15) is 0 Å². The number of ketones is 1. The zero-order valence-corrected chi connectivity index (χ0v) is 17.0. The van der Waals surface area contributed by atoms with Crippen molar-refractivity contribution in [3.63, 3.8) is 0 Å². The average Bonchev–Trinajstić information content (AvgIpc) is 3.22. The number of tetrazole rings is 1. The first-order chi connectivity index (χ1) is 13.7. The summed E-state index contributed by atoms with van der Waals surface area (Å²) in [6.07, 6.45) is 6.49. The fraction of sp³-hybridized carbons (Fsp3) is 0.333. The van der Waals surface area contributed by atoms with Crippen molar-refractivity contribution in [2.24, 2.45) is 0 Å². The van der Waals surface area contributed by atoms with Gasteiger partial charge < -0.3 is 0 Å². The Morgan fingerprint density at radius 2 is 1.75 bits per heavy atom. The van der Waals surface area contributed by atoms with Crippen LogP contribution in [-0.4, -0.2) is 31.7 Å². The van der Waals surface area contributed by atoms with Crippen LogP contribution in [-0.2, 0) is 0 Å². The summed E-state index contributed by atoms with van der Waals surface area (Å²) in [6, 6.07) is 15.4. The number of carbonyl (C=O) groups excluding carboxylic acids is 1. The zero-order chi connectivity index (χ0) is 19.3. The van der Waals surface area contributed by atoms with Crippen molar-refractivity contribution in [3.8, 4) is 5.69 Å². The fourth-order valence-corrected chi connectivity index (χ4v) is 4.52. The summed E-state index contributed by atoms with van der Waals surface area (Å²) in [5.74, 6) is 1.01. The van der Waals surface area contributed by atoms with Crippen molar-refractivity contribution in [3.05, 3.63) is 64.7 Å². The number of aromatic nitrogens is 4. The van der Waals surface area contributed by atoms with Crippen LogP contribution in [0.4, 0.5) is 0 Å². The smallest absolute Gasteiger partial charge is 0.214 e. The molecule has 0 amide bonds. The molecule has 0 saturated heterocycles. The van der Waals surface area contributed by atoms with Crippen molar-refractivity contribution in [1.82, 2.24) is 20.2 Å². The molecule has 5 nitrogen and oxygen atoms in total. The van der Waals surface area contributed by atoms with Crippen LogP contribution in [0.5, 0.6) is 0 Å². The van der Waals surface area contributed by atoms with E-state index < -0.39 is 0 Å². The highest BCUT2D eigenvalue weighted by atomic mass is 35.5. The Morgan fingerprint density at radius 3 is 2.46 bits per heavy atom. The Morgan fingerprint density at radius 1 is 1.04 bits per heavy atom. The second-order valence-corrected chi connectivity index (χ2v) is 8.40. The van der Waals surface area contributed by atoms with E-state index in [1.54, 1.807) is 16.8 Å². The molecule has 0 N–H and O–H groups in total. The molecule has 7 heteroatoms. The Kier molecular flexibility index (Phi) is 6.07. The summed E-state index contributed by atoms with van der Waals surface area (Å²) in [5.41, 5.74) is 2.90. The molecule has 0 unspecified atom stereocenters. The molecule has 1 heterocycles. The topological polar surface area (TPSA) is 60.7 Å². The van der Waals surface area contributed by atoms with Gasteiger partial charge in [0.25, 0.3) is 0 Å². The predicted molar refractivity (Wildman–Crippen MR) is 111 cm³/mol. The van der Waals surface area contributed by atoms with Crippen LogP contribution in [0.15, 0.2) is 53.7 Å². The number of thioether (sulfide) groups is 1. The molecule has 28 heavy (non-hydrogen) atoms. The second-order valence-electron chi connectivity index (χ2n) is 7.02. The summed E-state index contributed by atoms with van der Waals surface area (Å²) in [6.45, 7) is 0. The van der Waals surface area contributed by atoms with Gasteiger partial charge in [-0.15, -0.1) is 5.10 Å². The first-order valence-corrected chi connectivity index (χ1v) is 10.9. The van der Waals surface area contributed by atoms with Gasteiger partial charge in [-0.1, -0.05) is 66.9 Å². The van der Waals surface area contributed by atoms with Crippen LogP contribution in [0.25, 0.3) is 5.69 Å². The molecule has 144 valence electrons. The third-order valence-electron chi connectivity index (χ3n) is 5.15. The molecule has 3 aromatic rings. The van der Waals surface area contributed by atoms with E-state index in [1.165, 1.54) is 49.4 Å². The number of nitrogens with zero attached hydrogens (tertiary/aromatic N) is 4. The molecule has 1 saturated carbocycles. The van der Waals surface area contributed by atoms with Crippen LogP contribution < -0.4 is 0 Å². The van der Waals surface area contributed by atoms with Crippen LogP contribution >= 0.6 is 23.4 Å². The molecule has 2 aromatic carbocycles. The lowest BCUT2D eigenvalue weighted by Crippen LogP contribution is -2.07. The number of hydrogen-bond donors (Lipinski definition) is 0. The zero-order valence-electron chi connectivity index (χ0n) is 15.4. The summed E-state index contributed by atoms with van der Waals surface area (Å²) in [4.78, 5) is 12.6. The highest BCUT2D eigenvalue weighted by Crippen LogP contribution is 2.32. The van der Waals surface area contributed by atoms with Crippen molar-refractivity contribution in [2.75, 3.05) is 5.75 Å². The van der Waals surface area contributed by atoms with Crippen LogP contribution in [0, 0.1) is 0 Å². The van der Waals surface area contributed by atoms with Gasteiger partial charge >= 0.3 is 0 Å². The second kappa shape index (κ2) is 8.88. The quantitative estimate of drug-likeness (QED) is 0.404. The number of hydrogen-bond acceptors (Lipinski definition) is 5. The maximum absolute atomic E-state index is 12.6. The van der Waals surface area contributed by atoms with Crippen molar-refractivity contribution in [2.45, 2.75) is 43.2 Å². The minimum absolute atomic E-state index is 0.0749. The van der Waals surface area contributed by atoms with Gasteiger partial charge in [0.05, 0.1) is 11.4 Å². The third kappa shape index (κ3) is 4.45. The first kappa shape index (κ1) is 19.2. The number of rotatable bonds is 6. The number of Topliss-reactive ketones (excluding diaryl/α,β-unsaturated/α-hetero) is 1. The van der Waals surface area contributed by atoms with E-state index >= 15 is 0 Å². The first-order valence-electron chi connectivity index (χ1n) is 9.51. The molecule has 1 aliphatic carbocycles. The van der Waals surface area contributed by atoms with Crippen LogP contribution in [0.2, 0.25) is 5.02 Å². The van der Waals surface area contributed by atoms with Gasteiger partial charge in [-0.25, -0.2) is 0 Å². The van der Waals surface area contributed by atoms with Gasteiger partial charge in [-0.05, 0) is 59.0 Å². The van der Waals surface area contributed by atoms with E-state index in [0.717, 1.165) is 11.3 Å². The Balaban J connectivity index is 1.39. The molecule has 4 rings (SSSR count). The summed E-state index contributed by atoms with van der Waals surface area (Å²) < 4.78 is 1.61. The lowest BCUT2D eigenvalue weighted by molar-refractivity contribution is 0.102. The number of halogens is 1. The van der Waals surface area contributed by atoms with Gasteiger partial charge in [-0.3, -0.25) is 4.79 Å². The molecule has 0 bridgehead atoms. The third-order valence-corrected chi connectivity index (χ3v) is 6.32. The van der Waals surface area contributed by atoms with Crippen LogP contribution in [0.1, 0.15) is 53.9 Å².